The molecule has 1 heterocycles. The van der Waals surface area contributed by atoms with Crippen molar-refractivity contribution in [2.24, 2.45) is 0 Å². The van der Waals surface area contributed by atoms with E-state index < -0.39 is 17.7 Å². The van der Waals surface area contributed by atoms with E-state index in [1.54, 1.807) is 25.3 Å². The average Bonchev–Trinajstić information content (AvgIpc) is 3.03. The number of carbonyl (C=O) groups is 2. The number of ketones is 1. The summed E-state index contributed by atoms with van der Waals surface area (Å²) in [7, 11) is 1.58. The van der Waals surface area contributed by atoms with Gasteiger partial charge in [0.05, 0.1) is 31.4 Å². The third kappa shape index (κ3) is 4.70. The standard InChI is InChI=1S/C26H31NO5/c1-6-18-7-9-19(10-8-18)23-22(24(28)20-11-12-21(31-5)17(4)15-20)25(29)26(30)27(23)13-14-32-16(2)3/h7-12,15-16,23,28H,6,13-14H2,1-5H3/b24-22-. The maximum absolute atomic E-state index is 13.1. The third-order valence-corrected chi connectivity index (χ3v) is 5.70. The summed E-state index contributed by atoms with van der Waals surface area (Å²) in [5.41, 5.74) is 3.31. The fourth-order valence-corrected chi connectivity index (χ4v) is 3.96. The molecule has 2 aromatic carbocycles. The van der Waals surface area contributed by atoms with Gasteiger partial charge in [-0.05, 0) is 62.1 Å². The molecule has 6 heteroatoms. The number of methoxy groups -OCH3 is 1. The Morgan fingerprint density at radius 2 is 1.81 bits per heavy atom. The first kappa shape index (κ1) is 23.5. The first-order valence-electron chi connectivity index (χ1n) is 10.9. The number of carbonyl (C=O) groups excluding carboxylic acids is 2. The summed E-state index contributed by atoms with van der Waals surface area (Å²) < 4.78 is 10.9. The van der Waals surface area contributed by atoms with Gasteiger partial charge in [0.2, 0.25) is 0 Å². The molecule has 32 heavy (non-hydrogen) atoms. The number of amides is 1. The van der Waals surface area contributed by atoms with Crippen molar-refractivity contribution in [1.82, 2.24) is 4.90 Å². The van der Waals surface area contributed by atoms with E-state index in [0.29, 0.717) is 17.9 Å². The Bertz CT molecular complexity index is 1020. The summed E-state index contributed by atoms with van der Waals surface area (Å²) in [6.45, 7) is 8.31. The van der Waals surface area contributed by atoms with Crippen LogP contribution in [0.5, 0.6) is 5.75 Å². The van der Waals surface area contributed by atoms with Crippen molar-refractivity contribution >= 4 is 17.4 Å². The predicted octanol–water partition coefficient (Wildman–Crippen LogP) is 4.41. The van der Waals surface area contributed by atoms with Gasteiger partial charge in [-0.2, -0.15) is 0 Å². The lowest BCUT2D eigenvalue weighted by Gasteiger charge is -2.26. The number of likely N-dealkylation sites (tertiary alicyclic amines) is 1. The fraction of sp³-hybridized carbons (Fsp3) is 0.385. The molecule has 1 unspecified atom stereocenters. The highest BCUT2D eigenvalue weighted by atomic mass is 16.5. The predicted molar refractivity (Wildman–Crippen MR) is 124 cm³/mol. The van der Waals surface area contributed by atoms with Crippen molar-refractivity contribution in [1.29, 1.82) is 0 Å². The van der Waals surface area contributed by atoms with Gasteiger partial charge >= 0.3 is 0 Å². The van der Waals surface area contributed by atoms with Crippen LogP contribution < -0.4 is 4.74 Å². The summed E-state index contributed by atoms with van der Waals surface area (Å²) >= 11 is 0. The van der Waals surface area contributed by atoms with Crippen LogP contribution in [0.1, 0.15) is 49.1 Å². The van der Waals surface area contributed by atoms with Gasteiger partial charge in [0.15, 0.2) is 0 Å². The van der Waals surface area contributed by atoms with Crippen LogP contribution in [0.4, 0.5) is 0 Å². The van der Waals surface area contributed by atoms with Crippen molar-refractivity contribution in [2.45, 2.75) is 46.3 Å². The molecule has 1 atom stereocenters. The van der Waals surface area contributed by atoms with E-state index in [9.17, 15) is 14.7 Å². The molecule has 1 aliphatic rings. The van der Waals surface area contributed by atoms with Gasteiger partial charge in [-0.15, -0.1) is 0 Å². The fourth-order valence-electron chi connectivity index (χ4n) is 3.96. The van der Waals surface area contributed by atoms with Crippen LogP contribution in [0.3, 0.4) is 0 Å². The van der Waals surface area contributed by atoms with Crippen molar-refractivity contribution in [3.63, 3.8) is 0 Å². The number of ether oxygens (including phenoxy) is 2. The molecular weight excluding hydrogens is 406 g/mol. The molecule has 0 aliphatic carbocycles. The highest BCUT2D eigenvalue weighted by Gasteiger charge is 2.45. The maximum Gasteiger partial charge on any atom is 0.295 e. The molecule has 6 nitrogen and oxygen atoms in total. The largest absolute Gasteiger partial charge is 0.507 e. The minimum atomic E-state index is -0.690. The normalized spacial score (nSPS) is 17.9. The Morgan fingerprint density at radius 1 is 1.12 bits per heavy atom. The first-order valence-corrected chi connectivity index (χ1v) is 10.9. The van der Waals surface area contributed by atoms with Gasteiger partial charge in [0, 0.05) is 12.1 Å². The molecule has 1 aliphatic heterocycles. The smallest absolute Gasteiger partial charge is 0.295 e. The van der Waals surface area contributed by atoms with Gasteiger partial charge in [0.1, 0.15) is 11.5 Å². The van der Waals surface area contributed by atoms with E-state index in [1.165, 1.54) is 4.90 Å². The molecular formula is C26H31NO5. The topological polar surface area (TPSA) is 76.1 Å². The highest BCUT2D eigenvalue weighted by molar-refractivity contribution is 6.46. The van der Waals surface area contributed by atoms with Crippen LogP contribution in [0.2, 0.25) is 0 Å². The van der Waals surface area contributed by atoms with Crippen LogP contribution in [-0.2, 0) is 20.7 Å². The monoisotopic (exact) mass is 437 g/mol. The molecule has 0 saturated carbocycles. The van der Waals surface area contributed by atoms with Gasteiger partial charge in [-0.1, -0.05) is 31.2 Å². The SMILES string of the molecule is CCc1ccc(C2/C(=C(/O)c3ccc(OC)c(C)c3)C(=O)C(=O)N2CCOC(C)C)cc1. The van der Waals surface area contributed by atoms with E-state index in [2.05, 4.69) is 6.92 Å². The van der Waals surface area contributed by atoms with Crippen LogP contribution in [-0.4, -0.2) is 48.1 Å². The summed E-state index contributed by atoms with van der Waals surface area (Å²) in [6.07, 6.45) is 0.893. The quantitative estimate of drug-likeness (QED) is 0.376. The van der Waals surface area contributed by atoms with Crippen LogP contribution >= 0.6 is 0 Å². The number of rotatable bonds is 8. The Morgan fingerprint density at radius 3 is 2.38 bits per heavy atom. The summed E-state index contributed by atoms with van der Waals surface area (Å²) in [6, 6.07) is 12.3. The number of hydrogen-bond acceptors (Lipinski definition) is 5. The van der Waals surface area contributed by atoms with Gasteiger partial charge in [-0.3, -0.25) is 9.59 Å². The zero-order valence-corrected chi connectivity index (χ0v) is 19.3. The van der Waals surface area contributed by atoms with E-state index in [1.807, 2.05) is 45.0 Å². The lowest BCUT2D eigenvalue weighted by atomic mass is 9.94. The molecule has 1 N–H and O–H groups in total. The molecule has 0 aromatic heterocycles. The van der Waals surface area contributed by atoms with E-state index in [0.717, 1.165) is 23.1 Å². The third-order valence-electron chi connectivity index (χ3n) is 5.70. The Kier molecular flexibility index (Phi) is 7.36. The summed E-state index contributed by atoms with van der Waals surface area (Å²) in [5.74, 6) is -0.829. The Labute approximate surface area is 189 Å². The summed E-state index contributed by atoms with van der Waals surface area (Å²) in [5, 5.41) is 11.2. The molecule has 170 valence electrons. The van der Waals surface area contributed by atoms with E-state index in [4.69, 9.17) is 9.47 Å². The second-order valence-corrected chi connectivity index (χ2v) is 8.19. The van der Waals surface area contributed by atoms with Gasteiger partial charge < -0.3 is 19.5 Å². The second kappa shape index (κ2) is 10.0. The van der Waals surface area contributed by atoms with Crippen LogP contribution in [0, 0.1) is 6.92 Å². The molecule has 0 radical (unpaired) electrons. The molecule has 1 amide bonds. The highest BCUT2D eigenvalue weighted by Crippen LogP contribution is 2.39. The number of Topliss-reactive ketones (excluding diaryl/α,β-unsaturated/α-hetero) is 1. The van der Waals surface area contributed by atoms with Crippen molar-refractivity contribution < 1.29 is 24.2 Å². The molecule has 0 bridgehead atoms. The second-order valence-electron chi connectivity index (χ2n) is 8.19. The van der Waals surface area contributed by atoms with Crippen molar-refractivity contribution in [3.05, 3.63) is 70.3 Å². The lowest BCUT2D eigenvalue weighted by Crippen LogP contribution is -2.33. The minimum absolute atomic E-state index is 0.0105. The number of hydrogen-bond donors (Lipinski definition) is 1. The molecule has 0 spiro atoms. The first-order chi connectivity index (χ1) is 15.3. The molecule has 2 aromatic rings. The Hall–Kier alpha value is -3.12. The molecule has 1 saturated heterocycles. The zero-order chi connectivity index (χ0) is 23.4. The maximum atomic E-state index is 13.1. The number of nitrogens with zero attached hydrogens (tertiary/aromatic N) is 1. The van der Waals surface area contributed by atoms with Gasteiger partial charge in [-0.25, -0.2) is 0 Å². The van der Waals surface area contributed by atoms with E-state index >= 15 is 0 Å². The number of aryl methyl sites for hydroxylation is 2. The molecule has 1 fully saturated rings. The van der Waals surface area contributed by atoms with Crippen molar-refractivity contribution in [3.8, 4) is 5.75 Å². The number of benzene rings is 2. The molecule has 3 rings (SSSR count). The minimum Gasteiger partial charge on any atom is -0.507 e. The average molecular weight is 438 g/mol. The van der Waals surface area contributed by atoms with Crippen LogP contribution in [0.25, 0.3) is 5.76 Å². The van der Waals surface area contributed by atoms with E-state index in [-0.39, 0.29) is 24.0 Å². The van der Waals surface area contributed by atoms with Crippen molar-refractivity contribution in [2.75, 3.05) is 20.3 Å². The number of aliphatic hydroxyl groups is 1. The number of aliphatic hydroxyl groups excluding tert-OH is 1. The van der Waals surface area contributed by atoms with Crippen LogP contribution in [0.15, 0.2) is 48.0 Å². The zero-order valence-electron chi connectivity index (χ0n) is 19.3. The summed E-state index contributed by atoms with van der Waals surface area (Å²) in [4.78, 5) is 27.5. The Balaban J connectivity index is 2.10. The lowest BCUT2D eigenvalue weighted by molar-refractivity contribution is -0.140. The van der Waals surface area contributed by atoms with Gasteiger partial charge in [0.25, 0.3) is 11.7 Å².